The summed E-state index contributed by atoms with van der Waals surface area (Å²) in [7, 11) is 2.50. The van der Waals surface area contributed by atoms with E-state index in [9.17, 15) is 40.2 Å². The van der Waals surface area contributed by atoms with Gasteiger partial charge in [0, 0.05) is 38.5 Å². The first-order valence-electron chi connectivity index (χ1n) is 14.8. The van der Waals surface area contributed by atoms with Crippen LogP contribution < -0.4 is 4.74 Å². The average molecular weight is 637 g/mol. The first-order chi connectivity index (χ1) is 21.3. The molecule has 6 N–H and O–H groups in total. The number of benzene rings is 2. The molecule has 2 saturated heterocycles. The predicted molar refractivity (Wildman–Crippen MR) is 154 cm³/mol. The number of aliphatic hydroxyl groups is 3. The lowest BCUT2D eigenvalue weighted by Gasteiger charge is -2.41. The van der Waals surface area contributed by atoms with E-state index in [1.165, 1.54) is 14.2 Å². The predicted octanol–water partition coefficient (Wildman–Crippen LogP) is 1.15. The molecule has 11 atom stereocenters. The normalized spacial score (nSPS) is 34.4. The number of hydrogen-bond donors (Lipinski definition) is 6. The molecule has 0 bridgehead atoms. The smallest absolute Gasteiger partial charge is 0.333 e. The van der Waals surface area contributed by atoms with E-state index in [4.69, 9.17) is 28.4 Å². The zero-order valence-electron chi connectivity index (χ0n) is 25.6. The van der Waals surface area contributed by atoms with E-state index >= 15 is 0 Å². The number of phenolic OH excluding ortho intramolecular Hbond substituents is 2. The number of aliphatic carboxylic acids is 1. The van der Waals surface area contributed by atoms with Gasteiger partial charge in [-0.2, -0.15) is 0 Å². The van der Waals surface area contributed by atoms with Crippen molar-refractivity contribution in [3.63, 3.8) is 0 Å². The Kier molecular flexibility index (Phi) is 9.59. The van der Waals surface area contributed by atoms with Crippen LogP contribution in [-0.4, -0.2) is 118 Å². The Balaban J connectivity index is 1.44. The third-order valence-electron chi connectivity index (χ3n) is 9.06. The second kappa shape index (κ2) is 13.0. The lowest BCUT2D eigenvalue weighted by Crippen LogP contribution is -2.53. The average Bonchev–Trinajstić information content (AvgIpc) is 2.97. The molecule has 4 unspecified atom stereocenters. The topological polar surface area (TPSA) is 211 Å². The van der Waals surface area contributed by atoms with Crippen molar-refractivity contribution >= 4 is 22.5 Å². The molecule has 14 nitrogen and oxygen atoms in total. The minimum atomic E-state index is -1.35. The van der Waals surface area contributed by atoms with Crippen LogP contribution >= 0.6 is 0 Å². The monoisotopic (exact) mass is 636 g/mol. The molecular weight excluding hydrogens is 596 g/mol. The van der Waals surface area contributed by atoms with Crippen LogP contribution in [0.15, 0.2) is 12.1 Å². The lowest BCUT2D eigenvalue weighted by molar-refractivity contribution is -0.298. The van der Waals surface area contributed by atoms with E-state index in [2.05, 4.69) is 0 Å². The first kappa shape index (κ1) is 33.3. The van der Waals surface area contributed by atoms with Crippen molar-refractivity contribution in [1.29, 1.82) is 0 Å². The maximum atomic E-state index is 13.5. The minimum absolute atomic E-state index is 0.00698. The molecule has 1 aliphatic carbocycles. The number of rotatable bonds is 8. The van der Waals surface area contributed by atoms with Crippen molar-refractivity contribution in [1.82, 2.24) is 0 Å². The molecule has 0 spiro atoms. The quantitative estimate of drug-likeness (QED) is 0.240. The van der Waals surface area contributed by atoms with Crippen LogP contribution in [0, 0.1) is 12.8 Å². The van der Waals surface area contributed by atoms with Gasteiger partial charge < -0.3 is 59.1 Å². The summed E-state index contributed by atoms with van der Waals surface area (Å²) >= 11 is 0. The van der Waals surface area contributed by atoms with Crippen LogP contribution in [0.5, 0.6) is 17.2 Å². The summed E-state index contributed by atoms with van der Waals surface area (Å²) < 4.78 is 34.2. The number of aromatic hydroxyl groups is 2. The maximum Gasteiger partial charge on any atom is 0.333 e. The van der Waals surface area contributed by atoms with Crippen molar-refractivity contribution in [2.24, 2.45) is 5.92 Å². The minimum Gasteiger partial charge on any atom is -0.507 e. The number of carbonyl (C=O) groups is 2. The van der Waals surface area contributed by atoms with Crippen LogP contribution in [0.25, 0.3) is 10.8 Å². The number of Topliss-reactive ketones (excluding diaryl/α,β-unsaturated/α-hetero) is 1. The summed E-state index contributed by atoms with van der Waals surface area (Å²) in [6, 6.07) is 3.15. The van der Waals surface area contributed by atoms with E-state index in [0.29, 0.717) is 10.9 Å². The molecule has 3 aliphatic rings. The summed E-state index contributed by atoms with van der Waals surface area (Å²) in [5.41, 5.74) is 0.535. The second-order valence-electron chi connectivity index (χ2n) is 11.9. The van der Waals surface area contributed by atoms with Gasteiger partial charge in [-0.3, -0.25) is 4.79 Å². The Labute approximate surface area is 259 Å². The van der Waals surface area contributed by atoms with E-state index in [-0.39, 0.29) is 47.3 Å². The number of ether oxygens (including phenoxy) is 6. The summed E-state index contributed by atoms with van der Waals surface area (Å²) in [4.78, 5) is 25.3. The third-order valence-corrected chi connectivity index (χ3v) is 9.06. The van der Waals surface area contributed by atoms with Gasteiger partial charge >= 0.3 is 5.97 Å². The molecule has 0 amide bonds. The fraction of sp³-hybridized carbons (Fsp3) is 0.613. The van der Waals surface area contributed by atoms with Crippen LogP contribution in [0.1, 0.15) is 48.2 Å². The highest BCUT2D eigenvalue weighted by Crippen LogP contribution is 2.46. The highest BCUT2D eigenvalue weighted by atomic mass is 16.7. The van der Waals surface area contributed by atoms with Gasteiger partial charge in [0.05, 0.1) is 35.4 Å². The molecule has 0 saturated carbocycles. The number of carbonyl (C=O) groups excluding carboxylic acids is 1. The van der Waals surface area contributed by atoms with Crippen LogP contribution in [0.3, 0.4) is 0 Å². The maximum absolute atomic E-state index is 13.5. The van der Waals surface area contributed by atoms with Gasteiger partial charge in [-0.1, -0.05) is 0 Å². The van der Waals surface area contributed by atoms with Gasteiger partial charge in [0.1, 0.15) is 35.6 Å². The molecule has 248 valence electrons. The van der Waals surface area contributed by atoms with Gasteiger partial charge in [-0.25, -0.2) is 4.79 Å². The Hall–Kier alpha value is -3.08. The Bertz CT molecular complexity index is 1430. The number of methoxy groups -OCH3 is 2. The van der Waals surface area contributed by atoms with Crippen molar-refractivity contribution in [3.05, 3.63) is 28.8 Å². The molecule has 0 radical (unpaired) electrons. The largest absolute Gasteiger partial charge is 0.507 e. The third kappa shape index (κ3) is 6.09. The number of phenols is 2. The zero-order chi connectivity index (χ0) is 32.9. The molecule has 2 aromatic rings. The second-order valence-corrected chi connectivity index (χ2v) is 11.9. The summed E-state index contributed by atoms with van der Waals surface area (Å²) in [6.07, 6.45) is -9.66. The van der Waals surface area contributed by atoms with Gasteiger partial charge in [-0.15, -0.1) is 0 Å². The number of carboxylic acid groups (broad SMARTS) is 1. The van der Waals surface area contributed by atoms with Crippen LogP contribution in [0.4, 0.5) is 0 Å². The summed E-state index contributed by atoms with van der Waals surface area (Å²) in [5.74, 6) is -3.37. The van der Waals surface area contributed by atoms with Crippen LogP contribution in [0.2, 0.25) is 0 Å². The Morgan fingerprint density at radius 1 is 0.978 bits per heavy atom. The van der Waals surface area contributed by atoms with Gasteiger partial charge in [0.2, 0.25) is 6.29 Å². The number of aliphatic hydroxyl groups excluding tert-OH is 3. The van der Waals surface area contributed by atoms with Crippen molar-refractivity contribution in [3.8, 4) is 17.2 Å². The lowest BCUT2D eigenvalue weighted by atomic mass is 9.76. The highest BCUT2D eigenvalue weighted by Gasteiger charge is 2.45. The molecule has 2 heterocycles. The molecular formula is C31H40O14. The van der Waals surface area contributed by atoms with Gasteiger partial charge in [-0.05, 0) is 50.3 Å². The number of carboxylic acids is 1. The number of ketones is 1. The molecule has 0 aromatic heterocycles. The zero-order valence-corrected chi connectivity index (χ0v) is 25.6. The van der Waals surface area contributed by atoms with E-state index in [0.717, 1.165) is 0 Å². The number of hydrogen-bond acceptors (Lipinski definition) is 13. The number of fused-ring (bicyclic) bond motifs is 2. The fourth-order valence-electron chi connectivity index (χ4n) is 6.59. The fourth-order valence-corrected chi connectivity index (χ4v) is 6.59. The molecule has 5 rings (SSSR count). The standard InChI is InChI=1S/C31H40O14/c1-11-18(44-21-10-19(26(35)13(3)43-21)45-20-9-17(32)25(34)12(2)42-20)8-15-6-14-7-16(30(41-5)31(38)39)29(40-4)28(37)23(14)27(36)22(15)24(11)33/h6,8,12-13,16-17,19-21,25-26,29-30,32-36H,7,9-10H2,1-5H3,(H,38,39)/t12?,13?,16-,17?,19?,20+,21+,25-,26-,29+,30+/m1/s1. The Morgan fingerprint density at radius 3 is 2.27 bits per heavy atom. The molecule has 2 fully saturated rings. The SMILES string of the molecule is CO[C@H](C(=O)O)[C@@H]1Cc2cc3cc(O[C@H]4CC(O[C@H]5CC(O)[C@H](O)C(C)O5)[C@H](O)C(C)O4)c(C)c(O)c3c(O)c2C(=O)[C@H]1OC. The van der Waals surface area contributed by atoms with E-state index in [1.54, 1.807) is 32.9 Å². The van der Waals surface area contributed by atoms with Crippen molar-refractivity contribution < 1.29 is 68.6 Å². The molecule has 2 aromatic carbocycles. The highest BCUT2D eigenvalue weighted by molar-refractivity contribution is 6.11. The summed E-state index contributed by atoms with van der Waals surface area (Å²) in [5, 5.41) is 63.4. The van der Waals surface area contributed by atoms with Gasteiger partial charge in [0.25, 0.3) is 0 Å². The Morgan fingerprint density at radius 2 is 1.64 bits per heavy atom. The van der Waals surface area contributed by atoms with Gasteiger partial charge in [0.15, 0.2) is 18.2 Å². The molecule has 14 heteroatoms. The van der Waals surface area contributed by atoms with Crippen LogP contribution in [-0.2, 0) is 34.9 Å². The molecule has 45 heavy (non-hydrogen) atoms. The molecule has 2 aliphatic heterocycles. The van der Waals surface area contributed by atoms with Crippen molar-refractivity contribution in [2.45, 2.75) is 101 Å². The van der Waals surface area contributed by atoms with E-state index in [1.807, 2.05) is 0 Å². The summed E-state index contributed by atoms with van der Waals surface area (Å²) in [6.45, 7) is 4.81. The van der Waals surface area contributed by atoms with E-state index < -0.39 is 84.8 Å². The van der Waals surface area contributed by atoms with Crippen molar-refractivity contribution in [2.75, 3.05) is 14.2 Å². The first-order valence-corrected chi connectivity index (χ1v) is 14.8.